The second-order valence-corrected chi connectivity index (χ2v) is 5.64. The lowest BCUT2D eigenvalue weighted by Crippen LogP contribution is -2.36. The highest BCUT2D eigenvalue weighted by atomic mass is 19.3. The van der Waals surface area contributed by atoms with Crippen molar-refractivity contribution in [3.8, 4) is 0 Å². The number of benzene rings is 1. The van der Waals surface area contributed by atoms with Crippen LogP contribution >= 0.6 is 0 Å². The molecule has 1 unspecified atom stereocenters. The fourth-order valence-electron chi connectivity index (χ4n) is 2.90. The molecule has 2 heterocycles. The first-order valence-corrected chi connectivity index (χ1v) is 7.30. The van der Waals surface area contributed by atoms with Gasteiger partial charge < -0.3 is 5.11 Å². The fourth-order valence-corrected chi connectivity index (χ4v) is 2.90. The van der Waals surface area contributed by atoms with Crippen LogP contribution in [-0.2, 0) is 17.9 Å². The summed E-state index contributed by atoms with van der Waals surface area (Å²) >= 11 is 0. The van der Waals surface area contributed by atoms with Crippen molar-refractivity contribution >= 4 is 5.97 Å². The average Bonchev–Trinajstić information content (AvgIpc) is 2.54. The van der Waals surface area contributed by atoms with Gasteiger partial charge in [-0.15, -0.1) is 0 Å². The Hall–Kier alpha value is -2.34. The molecule has 0 fully saturated rings. The van der Waals surface area contributed by atoms with Crippen LogP contribution < -0.4 is 0 Å². The molecule has 3 rings (SSSR count). The molecule has 4 nitrogen and oxygen atoms in total. The predicted octanol–water partition coefficient (Wildman–Crippen LogP) is 3.20. The highest BCUT2D eigenvalue weighted by Crippen LogP contribution is 2.29. The molecule has 0 saturated carbocycles. The van der Waals surface area contributed by atoms with Crippen LogP contribution in [0.1, 0.15) is 34.7 Å². The molecule has 23 heavy (non-hydrogen) atoms. The number of carboxylic acid groups (broad SMARTS) is 1. The molecule has 120 valence electrons. The highest BCUT2D eigenvalue weighted by molar-refractivity contribution is 5.77. The zero-order valence-electron chi connectivity index (χ0n) is 12.3. The normalized spacial score (nSPS) is 18.0. The molecule has 2 aromatic rings. The molecular weight excluding hydrogens is 302 g/mol. The number of hydrogen-bond acceptors (Lipinski definition) is 3. The summed E-state index contributed by atoms with van der Waals surface area (Å²) < 4.78 is 25.1. The molecule has 0 bridgehead atoms. The molecule has 0 aliphatic carbocycles. The van der Waals surface area contributed by atoms with E-state index in [1.54, 1.807) is 6.07 Å². The van der Waals surface area contributed by atoms with Gasteiger partial charge in [-0.25, -0.2) is 8.78 Å². The van der Waals surface area contributed by atoms with Gasteiger partial charge in [0.15, 0.2) is 0 Å². The van der Waals surface area contributed by atoms with Gasteiger partial charge in [0.2, 0.25) is 0 Å². The van der Waals surface area contributed by atoms with Crippen LogP contribution in [0.4, 0.5) is 8.78 Å². The largest absolute Gasteiger partial charge is 0.481 e. The first-order chi connectivity index (χ1) is 11.0. The maximum Gasteiger partial charge on any atom is 0.312 e. The summed E-state index contributed by atoms with van der Waals surface area (Å²) in [7, 11) is 0. The van der Waals surface area contributed by atoms with Gasteiger partial charge in [-0.2, -0.15) is 0 Å². The lowest BCUT2D eigenvalue weighted by atomic mass is 9.90. The molecule has 1 aromatic heterocycles. The molecule has 0 saturated heterocycles. The minimum atomic E-state index is -2.53. The van der Waals surface area contributed by atoms with Crippen LogP contribution in [0.15, 0.2) is 42.6 Å². The third-order valence-corrected chi connectivity index (χ3v) is 4.05. The third kappa shape index (κ3) is 3.37. The number of alkyl halides is 2. The van der Waals surface area contributed by atoms with Crippen LogP contribution in [0, 0.1) is 0 Å². The molecule has 1 aliphatic rings. The summed E-state index contributed by atoms with van der Waals surface area (Å²) in [5.41, 5.74) is 2.37. The van der Waals surface area contributed by atoms with Crippen LogP contribution in [0.2, 0.25) is 0 Å². The van der Waals surface area contributed by atoms with Gasteiger partial charge in [-0.3, -0.25) is 14.7 Å². The molecule has 0 radical (unpaired) electrons. The van der Waals surface area contributed by atoms with E-state index in [1.165, 1.54) is 12.3 Å². The highest BCUT2D eigenvalue weighted by Gasteiger charge is 2.30. The van der Waals surface area contributed by atoms with Crippen molar-refractivity contribution in [2.75, 3.05) is 6.54 Å². The topological polar surface area (TPSA) is 53.4 Å². The van der Waals surface area contributed by atoms with E-state index in [2.05, 4.69) is 4.98 Å². The average molecular weight is 318 g/mol. The molecule has 1 aliphatic heterocycles. The van der Waals surface area contributed by atoms with E-state index in [0.717, 1.165) is 11.1 Å². The standard InChI is InChI=1S/C17H16F2N2O2/c18-16(19)11-5-6-13(20-7-11)9-21-8-12-3-1-2-4-14(12)15(10-21)17(22)23/h1-7,15-16H,8-10H2,(H,22,23). The van der Waals surface area contributed by atoms with Crippen molar-refractivity contribution in [3.05, 3.63) is 65.0 Å². The summed E-state index contributed by atoms with van der Waals surface area (Å²) in [6.45, 7) is 1.44. The third-order valence-electron chi connectivity index (χ3n) is 4.05. The lowest BCUT2D eigenvalue weighted by molar-refractivity contribution is -0.139. The van der Waals surface area contributed by atoms with E-state index >= 15 is 0 Å². The fraction of sp³-hybridized carbons (Fsp3) is 0.294. The summed E-state index contributed by atoms with van der Waals surface area (Å²) in [6.07, 6.45) is -1.36. The monoisotopic (exact) mass is 318 g/mol. The van der Waals surface area contributed by atoms with Crippen molar-refractivity contribution in [1.82, 2.24) is 9.88 Å². The van der Waals surface area contributed by atoms with E-state index in [4.69, 9.17) is 0 Å². The Morgan fingerprint density at radius 1 is 1.30 bits per heavy atom. The number of hydrogen-bond donors (Lipinski definition) is 1. The van der Waals surface area contributed by atoms with Crippen molar-refractivity contribution in [2.45, 2.75) is 25.4 Å². The number of aliphatic carboxylic acids is 1. The number of aromatic nitrogens is 1. The van der Waals surface area contributed by atoms with E-state index in [0.29, 0.717) is 25.3 Å². The second-order valence-electron chi connectivity index (χ2n) is 5.64. The quantitative estimate of drug-likeness (QED) is 0.940. The van der Waals surface area contributed by atoms with Crippen molar-refractivity contribution in [1.29, 1.82) is 0 Å². The van der Waals surface area contributed by atoms with Crippen LogP contribution in [0.5, 0.6) is 0 Å². The SMILES string of the molecule is O=C(O)C1CN(Cc2ccc(C(F)F)cn2)Cc2ccccc21. The Kier molecular flexibility index (Phi) is 4.34. The molecule has 0 spiro atoms. The molecule has 6 heteroatoms. The number of rotatable bonds is 4. The van der Waals surface area contributed by atoms with E-state index in [9.17, 15) is 18.7 Å². The number of carbonyl (C=O) groups is 1. The van der Waals surface area contributed by atoms with E-state index in [-0.39, 0.29) is 5.56 Å². The Bertz CT molecular complexity index is 704. The molecule has 1 aromatic carbocycles. The maximum atomic E-state index is 12.5. The molecule has 1 atom stereocenters. The van der Waals surface area contributed by atoms with Gasteiger partial charge in [0.25, 0.3) is 6.43 Å². The lowest BCUT2D eigenvalue weighted by Gasteiger charge is -2.32. The van der Waals surface area contributed by atoms with Gasteiger partial charge in [0.1, 0.15) is 0 Å². The van der Waals surface area contributed by atoms with Crippen LogP contribution in [-0.4, -0.2) is 27.5 Å². The summed E-state index contributed by atoms with van der Waals surface area (Å²) in [5, 5.41) is 9.44. The van der Waals surface area contributed by atoms with Crippen molar-refractivity contribution < 1.29 is 18.7 Å². The minimum Gasteiger partial charge on any atom is -0.481 e. The van der Waals surface area contributed by atoms with Gasteiger partial charge in [-0.1, -0.05) is 24.3 Å². The number of carboxylic acids is 1. The summed E-state index contributed by atoms with van der Waals surface area (Å²) in [6, 6.07) is 10.4. The van der Waals surface area contributed by atoms with E-state index < -0.39 is 18.3 Å². The van der Waals surface area contributed by atoms with Crippen molar-refractivity contribution in [3.63, 3.8) is 0 Å². The zero-order chi connectivity index (χ0) is 16.4. The maximum absolute atomic E-state index is 12.5. The molecule has 1 N–H and O–H groups in total. The summed E-state index contributed by atoms with van der Waals surface area (Å²) in [4.78, 5) is 17.5. The Morgan fingerprint density at radius 2 is 2.09 bits per heavy atom. The van der Waals surface area contributed by atoms with Gasteiger partial charge in [-0.05, 0) is 23.3 Å². The van der Waals surface area contributed by atoms with Crippen molar-refractivity contribution in [2.24, 2.45) is 0 Å². The van der Waals surface area contributed by atoms with E-state index in [1.807, 2.05) is 29.2 Å². The second kappa shape index (κ2) is 6.42. The Morgan fingerprint density at radius 3 is 2.74 bits per heavy atom. The number of nitrogens with zero attached hydrogens (tertiary/aromatic N) is 2. The number of pyridine rings is 1. The number of halogens is 2. The zero-order valence-corrected chi connectivity index (χ0v) is 12.3. The first-order valence-electron chi connectivity index (χ1n) is 7.30. The van der Waals surface area contributed by atoms with Gasteiger partial charge in [0.05, 0.1) is 11.6 Å². The smallest absolute Gasteiger partial charge is 0.312 e. The number of fused-ring (bicyclic) bond motifs is 1. The van der Waals surface area contributed by atoms with Gasteiger partial charge >= 0.3 is 5.97 Å². The minimum absolute atomic E-state index is 0.110. The Balaban J connectivity index is 1.78. The summed E-state index contributed by atoms with van der Waals surface area (Å²) in [5.74, 6) is -1.44. The Labute approximate surface area is 132 Å². The molecular formula is C17H16F2N2O2. The van der Waals surface area contributed by atoms with Crippen LogP contribution in [0.25, 0.3) is 0 Å². The van der Waals surface area contributed by atoms with Crippen LogP contribution in [0.3, 0.4) is 0 Å². The predicted molar refractivity (Wildman–Crippen MR) is 80.1 cm³/mol. The molecule has 0 amide bonds. The first kappa shape index (κ1) is 15.6. The van der Waals surface area contributed by atoms with Gasteiger partial charge in [0, 0.05) is 31.4 Å².